The first-order valence-corrected chi connectivity index (χ1v) is 6.96. The number of methoxy groups -OCH3 is 1. The van der Waals surface area contributed by atoms with Crippen molar-refractivity contribution in [3.8, 4) is 0 Å². The van der Waals surface area contributed by atoms with Crippen molar-refractivity contribution >= 4 is 22.8 Å². The summed E-state index contributed by atoms with van der Waals surface area (Å²) in [6, 6.07) is 5.86. The normalized spacial score (nSPS) is 13.8. The largest absolute Gasteiger partial charge is 0.479 e. The highest BCUT2D eigenvalue weighted by Gasteiger charge is 2.35. The molecule has 2 aromatic rings. The number of fused-ring (bicyclic) bond motifs is 1. The van der Waals surface area contributed by atoms with Crippen molar-refractivity contribution in [1.29, 1.82) is 0 Å². The number of aromatic amines is 1. The van der Waals surface area contributed by atoms with Gasteiger partial charge in [-0.05, 0) is 31.0 Å². The summed E-state index contributed by atoms with van der Waals surface area (Å²) in [5, 5.41) is 12.8. The van der Waals surface area contributed by atoms with Crippen LogP contribution in [0.4, 0.5) is 0 Å². The molecule has 1 aromatic heterocycles. The second-order valence-electron chi connectivity index (χ2n) is 5.61. The number of carbonyl (C=O) groups is 2. The molecule has 118 valence electrons. The zero-order valence-corrected chi connectivity index (χ0v) is 12.9. The Bertz CT molecular complexity index is 707. The Morgan fingerprint density at radius 3 is 2.77 bits per heavy atom. The number of aliphatic carboxylic acids is 1. The summed E-state index contributed by atoms with van der Waals surface area (Å²) >= 11 is 0. The van der Waals surface area contributed by atoms with Gasteiger partial charge in [0.05, 0.1) is 13.0 Å². The average molecular weight is 304 g/mol. The average Bonchev–Trinajstić information content (AvgIpc) is 2.83. The molecule has 1 aromatic carbocycles. The molecule has 0 bridgehead atoms. The number of hydrogen-bond acceptors (Lipinski definition) is 3. The molecule has 0 radical (unpaired) electrons. The van der Waals surface area contributed by atoms with Crippen molar-refractivity contribution in [2.75, 3.05) is 13.7 Å². The van der Waals surface area contributed by atoms with Gasteiger partial charge in [0.1, 0.15) is 0 Å². The Labute approximate surface area is 128 Å². The van der Waals surface area contributed by atoms with Gasteiger partial charge in [0.2, 0.25) is 5.91 Å². The highest BCUT2D eigenvalue weighted by Crippen LogP contribution is 2.22. The lowest BCUT2D eigenvalue weighted by molar-refractivity contribution is -0.149. The summed E-state index contributed by atoms with van der Waals surface area (Å²) in [5.74, 6) is -1.48. The molecule has 0 saturated carbocycles. The summed E-state index contributed by atoms with van der Waals surface area (Å²) in [4.78, 5) is 26.7. The molecule has 0 aliphatic heterocycles. The van der Waals surface area contributed by atoms with Gasteiger partial charge in [-0.25, -0.2) is 4.79 Å². The number of carboxylic acid groups (broad SMARTS) is 1. The topological polar surface area (TPSA) is 91.4 Å². The smallest absolute Gasteiger partial charge is 0.331 e. The van der Waals surface area contributed by atoms with Gasteiger partial charge in [0.25, 0.3) is 0 Å². The maximum absolute atomic E-state index is 12.2. The zero-order chi connectivity index (χ0) is 16.3. The summed E-state index contributed by atoms with van der Waals surface area (Å²) < 4.78 is 4.89. The van der Waals surface area contributed by atoms with Crippen LogP contribution >= 0.6 is 0 Å². The Morgan fingerprint density at radius 2 is 2.14 bits per heavy atom. The molecule has 6 nitrogen and oxygen atoms in total. The van der Waals surface area contributed by atoms with Crippen LogP contribution in [0.15, 0.2) is 24.4 Å². The predicted octanol–water partition coefficient (Wildman–Crippen LogP) is 1.62. The van der Waals surface area contributed by atoms with Crippen molar-refractivity contribution in [1.82, 2.24) is 10.3 Å². The molecule has 1 unspecified atom stereocenters. The Balaban J connectivity index is 2.19. The van der Waals surface area contributed by atoms with Gasteiger partial charge in [-0.15, -0.1) is 0 Å². The minimum Gasteiger partial charge on any atom is -0.479 e. The lowest BCUT2D eigenvalue weighted by atomic mass is 10.0. The van der Waals surface area contributed by atoms with Crippen LogP contribution in [0, 0.1) is 6.92 Å². The molecule has 0 aliphatic rings. The number of nitrogens with one attached hydrogen (secondary N) is 2. The van der Waals surface area contributed by atoms with E-state index < -0.39 is 11.5 Å². The molecule has 1 heterocycles. The Kier molecular flexibility index (Phi) is 4.51. The number of carbonyl (C=O) groups excluding carboxylic acids is 1. The Morgan fingerprint density at radius 1 is 1.41 bits per heavy atom. The van der Waals surface area contributed by atoms with Gasteiger partial charge in [0, 0.05) is 24.2 Å². The fourth-order valence-electron chi connectivity index (χ4n) is 2.56. The maximum atomic E-state index is 12.2. The van der Waals surface area contributed by atoms with Crippen LogP contribution in [-0.2, 0) is 20.7 Å². The minimum absolute atomic E-state index is 0.0962. The third-order valence-electron chi connectivity index (χ3n) is 3.67. The molecule has 6 heteroatoms. The summed E-state index contributed by atoms with van der Waals surface area (Å²) in [7, 11) is 1.40. The number of rotatable bonds is 6. The molecule has 1 amide bonds. The van der Waals surface area contributed by atoms with Crippen molar-refractivity contribution in [3.63, 3.8) is 0 Å². The lowest BCUT2D eigenvalue weighted by Gasteiger charge is -2.25. The van der Waals surface area contributed by atoms with Crippen LogP contribution in [-0.4, -0.2) is 41.2 Å². The van der Waals surface area contributed by atoms with E-state index in [1.807, 2.05) is 25.1 Å². The first kappa shape index (κ1) is 16.0. The standard InChI is InChI=1S/C16H20N2O4/c1-10-5-4-6-12-14(10)11(8-17-12)7-13(19)18-16(2,9-22-3)15(20)21/h4-6,8,17H,7,9H2,1-3H3,(H,18,19)(H,20,21). The van der Waals surface area contributed by atoms with Crippen LogP contribution in [0.2, 0.25) is 0 Å². The summed E-state index contributed by atoms with van der Waals surface area (Å²) in [6.07, 6.45) is 1.89. The van der Waals surface area contributed by atoms with Crippen LogP contribution in [0.1, 0.15) is 18.1 Å². The van der Waals surface area contributed by atoms with Crippen LogP contribution in [0.5, 0.6) is 0 Å². The number of amides is 1. The van der Waals surface area contributed by atoms with Crippen LogP contribution < -0.4 is 5.32 Å². The molecule has 0 saturated heterocycles. The fraction of sp³-hybridized carbons (Fsp3) is 0.375. The zero-order valence-electron chi connectivity index (χ0n) is 12.9. The number of hydrogen-bond donors (Lipinski definition) is 3. The van der Waals surface area contributed by atoms with E-state index in [1.165, 1.54) is 14.0 Å². The number of aryl methyl sites for hydroxylation is 1. The van der Waals surface area contributed by atoms with Gasteiger partial charge >= 0.3 is 5.97 Å². The van der Waals surface area contributed by atoms with Gasteiger partial charge in [-0.1, -0.05) is 12.1 Å². The van der Waals surface area contributed by atoms with E-state index in [9.17, 15) is 14.7 Å². The maximum Gasteiger partial charge on any atom is 0.331 e. The minimum atomic E-state index is -1.44. The van der Waals surface area contributed by atoms with E-state index in [1.54, 1.807) is 6.20 Å². The third-order valence-corrected chi connectivity index (χ3v) is 3.67. The number of benzene rings is 1. The Hall–Kier alpha value is -2.34. The van der Waals surface area contributed by atoms with E-state index >= 15 is 0 Å². The molecular formula is C16H20N2O4. The number of aromatic nitrogens is 1. The molecule has 0 spiro atoms. The van der Waals surface area contributed by atoms with Crippen molar-refractivity contribution in [2.24, 2.45) is 0 Å². The molecule has 0 fully saturated rings. The van der Waals surface area contributed by atoms with Crippen molar-refractivity contribution < 1.29 is 19.4 Å². The van der Waals surface area contributed by atoms with Gasteiger partial charge < -0.3 is 20.1 Å². The van der Waals surface area contributed by atoms with Crippen molar-refractivity contribution in [2.45, 2.75) is 25.8 Å². The van der Waals surface area contributed by atoms with Gasteiger partial charge in [-0.2, -0.15) is 0 Å². The van der Waals surface area contributed by atoms with E-state index in [-0.39, 0.29) is 18.9 Å². The van der Waals surface area contributed by atoms with E-state index in [2.05, 4.69) is 10.3 Å². The quantitative estimate of drug-likeness (QED) is 0.756. The van der Waals surface area contributed by atoms with Gasteiger partial charge in [0.15, 0.2) is 5.54 Å². The summed E-state index contributed by atoms with van der Waals surface area (Å²) in [5.41, 5.74) is 1.43. The first-order chi connectivity index (χ1) is 10.4. The number of carboxylic acids is 1. The van der Waals surface area contributed by atoms with Crippen LogP contribution in [0.25, 0.3) is 10.9 Å². The number of ether oxygens (including phenoxy) is 1. The molecular weight excluding hydrogens is 284 g/mol. The van der Waals surface area contributed by atoms with Gasteiger partial charge in [-0.3, -0.25) is 4.79 Å². The fourth-order valence-corrected chi connectivity index (χ4v) is 2.56. The molecule has 3 N–H and O–H groups in total. The van der Waals surface area contributed by atoms with Crippen LogP contribution in [0.3, 0.4) is 0 Å². The highest BCUT2D eigenvalue weighted by molar-refractivity contribution is 5.93. The predicted molar refractivity (Wildman–Crippen MR) is 82.8 cm³/mol. The van der Waals surface area contributed by atoms with E-state index in [0.717, 1.165) is 22.0 Å². The highest BCUT2D eigenvalue weighted by atomic mass is 16.5. The lowest BCUT2D eigenvalue weighted by Crippen LogP contribution is -2.55. The summed E-state index contributed by atoms with van der Waals surface area (Å²) in [6.45, 7) is 3.31. The first-order valence-electron chi connectivity index (χ1n) is 6.96. The third kappa shape index (κ3) is 3.12. The number of H-pyrrole nitrogens is 1. The monoisotopic (exact) mass is 304 g/mol. The second kappa shape index (κ2) is 6.19. The second-order valence-corrected chi connectivity index (χ2v) is 5.61. The molecule has 22 heavy (non-hydrogen) atoms. The van der Waals surface area contributed by atoms with E-state index in [4.69, 9.17) is 4.74 Å². The molecule has 0 aliphatic carbocycles. The molecule has 2 rings (SSSR count). The SMILES string of the molecule is COCC(C)(NC(=O)Cc1c[nH]c2cccc(C)c12)C(=O)O. The van der Waals surface area contributed by atoms with E-state index in [0.29, 0.717) is 0 Å². The van der Waals surface area contributed by atoms with Crippen molar-refractivity contribution in [3.05, 3.63) is 35.5 Å². The molecule has 1 atom stereocenters.